The van der Waals surface area contributed by atoms with E-state index in [1.54, 1.807) is 12.4 Å². The van der Waals surface area contributed by atoms with Crippen LogP contribution in [0.15, 0.2) is 12.4 Å². The molecule has 1 aliphatic rings. The Labute approximate surface area is 101 Å². The lowest BCUT2D eigenvalue weighted by atomic mass is 10.0. The third-order valence-electron chi connectivity index (χ3n) is 2.90. The minimum Gasteiger partial charge on any atom is -0.349 e. The molecule has 5 heteroatoms. The summed E-state index contributed by atoms with van der Waals surface area (Å²) in [5.74, 6) is 0.0621. The molecule has 0 aromatic carbocycles. The van der Waals surface area contributed by atoms with Crippen molar-refractivity contribution in [3.8, 4) is 0 Å². The van der Waals surface area contributed by atoms with Gasteiger partial charge in [-0.05, 0) is 26.3 Å². The number of piperidine rings is 1. The van der Waals surface area contributed by atoms with Crippen molar-refractivity contribution in [2.24, 2.45) is 0 Å². The van der Waals surface area contributed by atoms with Crippen LogP contribution >= 0.6 is 0 Å². The fourth-order valence-corrected chi connectivity index (χ4v) is 1.89. The number of aryl methyl sites for hydroxylation is 1. The molecule has 5 nitrogen and oxygen atoms in total. The zero-order valence-corrected chi connectivity index (χ0v) is 10.1. The molecule has 2 heterocycles. The summed E-state index contributed by atoms with van der Waals surface area (Å²) in [6.07, 6.45) is 6.61. The molecule has 0 radical (unpaired) electrons. The third-order valence-corrected chi connectivity index (χ3v) is 2.90. The molecular formula is C12H18N4O. The van der Waals surface area contributed by atoms with Gasteiger partial charge in [0.15, 0.2) is 0 Å². The smallest absolute Gasteiger partial charge is 0.237 e. The molecule has 1 aliphatic heterocycles. The number of amides is 1. The lowest BCUT2D eigenvalue weighted by molar-refractivity contribution is -0.123. The molecule has 1 fully saturated rings. The van der Waals surface area contributed by atoms with E-state index in [9.17, 15) is 4.79 Å². The fourth-order valence-electron chi connectivity index (χ4n) is 1.89. The Morgan fingerprint density at radius 3 is 3.00 bits per heavy atom. The molecule has 2 N–H and O–H groups in total. The van der Waals surface area contributed by atoms with E-state index in [0.29, 0.717) is 6.54 Å². The van der Waals surface area contributed by atoms with Gasteiger partial charge in [-0.2, -0.15) is 0 Å². The van der Waals surface area contributed by atoms with Gasteiger partial charge in [0.05, 0.1) is 30.2 Å². The standard InChI is InChI=1S/C12H18N4O/c1-9-6-15-10(7-14-9)8-16-12(17)11-4-2-3-5-13-11/h6-7,11,13H,2-5,8H2,1H3,(H,16,17)/t11-/m1/s1. The minimum atomic E-state index is -0.0397. The molecule has 0 unspecified atom stereocenters. The van der Waals surface area contributed by atoms with Crippen LogP contribution in [0, 0.1) is 6.92 Å². The van der Waals surface area contributed by atoms with Crippen molar-refractivity contribution in [2.75, 3.05) is 6.54 Å². The number of nitrogens with zero attached hydrogens (tertiary/aromatic N) is 2. The molecular weight excluding hydrogens is 216 g/mol. The van der Waals surface area contributed by atoms with Crippen LogP contribution in [0.5, 0.6) is 0 Å². The molecule has 2 rings (SSSR count). The lowest BCUT2D eigenvalue weighted by Gasteiger charge is -2.22. The first kappa shape index (κ1) is 12.0. The van der Waals surface area contributed by atoms with Gasteiger partial charge in [-0.3, -0.25) is 14.8 Å². The number of aromatic nitrogens is 2. The van der Waals surface area contributed by atoms with E-state index in [4.69, 9.17) is 0 Å². The maximum absolute atomic E-state index is 11.8. The third kappa shape index (κ3) is 3.49. The van der Waals surface area contributed by atoms with E-state index in [1.807, 2.05) is 6.92 Å². The first-order valence-electron chi connectivity index (χ1n) is 6.04. The highest BCUT2D eigenvalue weighted by molar-refractivity contribution is 5.81. The van der Waals surface area contributed by atoms with Crippen molar-refractivity contribution in [2.45, 2.75) is 38.8 Å². The maximum atomic E-state index is 11.8. The van der Waals surface area contributed by atoms with Gasteiger partial charge in [0.25, 0.3) is 0 Å². The second-order valence-electron chi connectivity index (χ2n) is 4.37. The van der Waals surface area contributed by atoms with Gasteiger partial charge < -0.3 is 10.6 Å². The molecule has 92 valence electrons. The Kier molecular flexibility index (Phi) is 4.03. The average Bonchev–Trinajstić information content (AvgIpc) is 2.39. The quantitative estimate of drug-likeness (QED) is 0.801. The van der Waals surface area contributed by atoms with E-state index in [-0.39, 0.29) is 11.9 Å². The van der Waals surface area contributed by atoms with Gasteiger partial charge in [0.2, 0.25) is 5.91 Å². The average molecular weight is 234 g/mol. The highest BCUT2D eigenvalue weighted by Crippen LogP contribution is 2.06. The van der Waals surface area contributed by atoms with E-state index in [1.165, 1.54) is 0 Å². The largest absolute Gasteiger partial charge is 0.349 e. The summed E-state index contributed by atoms with van der Waals surface area (Å²) in [5.41, 5.74) is 1.67. The van der Waals surface area contributed by atoms with Crippen LogP contribution in [0.2, 0.25) is 0 Å². The minimum absolute atomic E-state index is 0.0397. The molecule has 1 atom stereocenters. The van der Waals surface area contributed by atoms with Crippen LogP contribution in [0.3, 0.4) is 0 Å². The highest BCUT2D eigenvalue weighted by atomic mass is 16.2. The van der Waals surface area contributed by atoms with Crippen LogP contribution in [-0.4, -0.2) is 28.5 Å². The predicted molar refractivity (Wildman–Crippen MR) is 64.3 cm³/mol. The van der Waals surface area contributed by atoms with E-state index in [0.717, 1.165) is 37.2 Å². The number of carbonyl (C=O) groups is 1. The van der Waals surface area contributed by atoms with Gasteiger partial charge in [0.1, 0.15) is 0 Å². The molecule has 1 aromatic heterocycles. The molecule has 1 aromatic rings. The summed E-state index contributed by atoms with van der Waals surface area (Å²) in [5, 5.41) is 6.10. The summed E-state index contributed by atoms with van der Waals surface area (Å²) >= 11 is 0. The summed E-state index contributed by atoms with van der Waals surface area (Å²) in [6, 6.07) is -0.0397. The van der Waals surface area contributed by atoms with Crippen molar-refractivity contribution in [3.05, 3.63) is 23.8 Å². The van der Waals surface area contributed by atoms with Crippen LogP contribution in [0.25, 0.3) is 0 Å². The monoisotopic (exact) mass is 234 g/mol. The summed E-state index contributed by atoms with van der Waals surface area (Å²) in [7, 11) is 0. The van der Waals surface area contributed by atoms with Crippen molar-refractivity contribution in [1.29, 1.82) is 0 Å². The number of hydrogen-bond donors (Lipinski definition) is 2. The molecule has 17 heavy (non-hydrogen) atoms. The zero-order valence-electron chi connectivity index (χ0n) is 10.1. The Morgan fingerprint density at radius 2 is 2.35 bits per heavy atom. The van der Waals surface area contributed by atoms with Crippen molar-refractivity contribution < 1.29 is 4.79 Å². The van der Waals surface area contributed by atoms with Gasteiger partial charge in [-0.25, -0.2) is 0 Å². The molecule has 0 spiro atoms. The molecule has 0 bridgehead atoms. The van der Waals surface area contributed by atoms with Crippen molar-refractivity contribution in [1.82, 2.24) is 20.6 Å². The van der Waals surface area contributed by atoms with Crippen LogP contribution < -0.4 is 10.6 Å². The van der Waals surface area contributed by atoms with Gasteiger partial charge in [-0.15, -0.1) is 0 Å². The first-order valence-corrected chi connectivity index (χ1v) is 6.04. The summed E-state index contributed by atoms with van der Waals surface area (Å²) < 4.78 is 0. The topological polar surface area (TPSA) is 66.9 Å². The molecule has 0 saturated carbocycles. The van der Waals surface area contributed by atoms with Crippen molar-refractivity contribution >= 4 is 5.91 Å². The van der Waals surface area contributed by atoms with Gasteiger partial charge >= 0.3 is 0 Å². The highest BCUT2D eigenvalue weighted by Gasteiger charge is 2.19. The van der Waals surface area contributed by atoms with Gasteiger partial charge in [0, 0.05) is 6.20 Å². The normalized spacial score (nSPS) is 19.9. The van der Waals surface area contributed by atoms with Crippen LogP contribution in [0.1, 0.15) is 30.7 Å². The van der Waals surface area contributed by atoms with Gasteiger partial charge in [-0.1, -0.05) is 6.42 Å². The van der Waals surface area contributed by atoms with Crippen LogP contribution in [-0.2, 0) is 11.3 Å². The predicted octanol–water partition coefficient (Wildman–Crippen LogP) is 0.543. The lowest BCUT2D eigenvalue weighted by Crippen LogP contribution is -2.46. The van der Waals surface area contributed by atoms with Crippen molar-refractivity contribution in [3.63, 3.8) is 0 Å². The first-order chi connectivity index (χ1) is 8.25. The number of rotatable bonds is 3. The molecule has 1 saturated heterocycles. The van der Waals surface area contributed by atoms with E-state index in [2.05, 4.69) is 20.6 Å². The van der Waals surface area contributed by atoms with E-state index >= 15 is 0 Å². The second-order valence-corrected chi connectivity index (χ2v) is 4.37. The summed E-state index contributed by atoms with van der Waals surface area (Å²) in [6.45, 7) is 3.27. The molecule has 0 aliphatic carbocycles. The Bertz CT molecular complexity index is 371. The fraction of sp³-hybridized carbons (Fsp3) is 0.583. The second kappa shape index (κ2) is 5.72. The maximum Gasteiger partial charge on any atom is 0.237 e. The Balaban J connectivity index is 1.81. The molecule has 1 amide bonds. The van der Waals surface area contributed by atoms with E-state index < -0.39 is 0 Å². The zero-order chi connectivity index (χ0) is 12.1. The van der Waals surface area contributed by atoms with Crippen LogP contribution in [0.4, 0.5) is 0 Å². The SMILES string of the molecule is Cc1cnc(CNC(=O)[C@H]2CCCCN2)cn1. The Hall–Kier alpha value is -1.49. The number of hydrogen-bond acceptors (Lipinski definition) is 4. The Morgan fingerprint density at radius 1 is 1.47 bits per heavy atom. The number of carbonyl (C=O) groups excluding carboxylic acids is 1. The number of nitrogens with one attached hydrogen (secondary N) is 2. The summed E-state index contributed by atoms with van der Waals surface area (Å²) in [4.78, 5) is 20.2.